The normalized spacial score (nSPS) is 19.4. The fourth-order valence-corrected chi connectivity index (χ4v) is 7.92. The molecule has 0 saturated carbocycles. The Morgan fingerprint density at radius 2 is 1.57 bits per heavy atom. The number of nitrogens with zero attached hydrogens (tertiary/aromatic N) is 1. The van der Waals surface area contributed by atoms with Gasteiger partial charge >= 0.3 is 5.97 Å². The highest BCUT2D eigenvalue weighted by Crippen LogP contribution is 2.43. The first kappa shape index (κ1) is 34.5. The lowest BCUT2D eigenvalue weighted by Gasteiger charge is -2.41. The number of sulfonamides is 1. The fourth-order valence-electron chi connectivity index (χ4n) is 5.73. The summed E-state index contributed by atoms with van der Waals surface area (Å²) in [5.74, 6) is -0.685. The second-order valence-corrected chi connectivity index (χ2v) is 14.5. The molecular weight excluding hydrogens is 661 g/mol. The number of carboxylic acids is 1. The number of hydrogen-bond acceptors (Lipinski definition) is 8. The lowest BCUT2D eigenvalue weighted by Crippen LogP contribution is -2.38. The van der Waals surface area contributed by atoms with E-state index in [1.54, 1.807) is 48.7 Å². The molecule has 3 N–H and O–H groups in total. The van der Waals surface area contributed by atoms with Crippen LogP contribution in [0.25, 0.3) is 11.1 Å². The Morgan fingerprint density at radius 3 is 2.31 bits per heavy atom. The van der Waals surface area contributed by atoms with Gasteiger partial charge in [-0.3, -0.25) is 0 Å². The van der Waals surface area contributed by atoms with Gasteiger partial charge in [0.05, 0.1) is 29.3 Å². The molecule has 252 valence electrons. The minimum Gasteiger partial charge on any atom is -0.478 e. The van der Waals surface area contributed by atoms with E-state index < -0.39 is 22.3 Å². The average Bonchev–Trinajstić information content (AvgIpc) is 3.14. The number of aromatic carboxylic acids is 1. The van der Waals surface area contributed by atoms with E-state index in [1.165, 1.54) is 11.8 Å². The smallest absolute Gasteiger partial charge is 0.338 e. The van der Waals surface area contributed by atoms with E-state index in [4.69, 9.17) is 9.47 Å². The van der Waals surface area contributed by atoms with Crippen LogP contribution in [0.2, 0.25) is 0 Å². The quantitative estimate of drug-likeness (QED) is 0.118. The van der Waals surface area contributed by atoms with E-state index in [1.807, 2.05) is 72.8 Å². The van der Waals surface area contributed by atoms with Crippen molar-refractivity contribution in [3.05, 3.63) is 149 Å². The van der Waals surface area contributed by atoms with Crippen LogP contribution in [0.1, 0.15) is 51.9 Å². The van der Waals surface area contributed by atoms with Crippen LogP contribution in [0.3, 0.4) is 0 Å². The van der Waals surface area contributed by atoms with Crippen LogP contribution < -0.4 is 4.72 Å². The van der Waals surface area contributed by atoms with Crippen molar-refractivity contribution in [3.63, 3.8) is 0 Å². The maximum Gasteiger partial charge on any atom is 0.338 e. The Bertz CT molecular complexity index is 2010. The summed E-state index contributed by atoms with van der Waals surface area (Å²) < 4.78 is 41.5. The first-order valence-corrected chi connectivity index (χ1v) is 18.2. The number of nitrogens with one attached hydrogen (secondary N) is 1. The van der Waals surface area contributed by atoms with Crippen molar-refractivity contribution >= 4 is 27.8 Å². The molecule has 4 aromatic carbocycles. The van der Waals surface area contributed by atoms with Crippen molar-refractivity contribution in [2.24, 2.45) is 5.92 Å². The van der Waals surface area contributed by atoms with Gasteiger partial charge in [-0.15, -0.1) is 11.8 Å². The van der Waals surface area contributed by atoms with Gasteiger partial charge in [-0.05, 0) is 64.2 Å². The number of hydrogen-bond donors (Lipinski definition) is 3. The van der Waals surface area contributed by atoms with Crippen LogP contribution in [0, 0.1) is 5.92 Å². The number of aliphatic hydroxyl groups excluding tert-OH is 1. The topological polar surface area (TPSA) is 135 Å². The molecule has 2 heterocycles. The van der Waals surface area contributed by atoms with Crippen LogP contribution in [0.4, 0.5) is 0 Å². The molecule has 5 aromatic rings. The van der Waals surface area contributed by atoms with Crippen molar-refractivity contribution in [2.45, 2.75) is 48.5 Å². The van der Waals surface area contributed by atoms with E-state index in [0.29, 0.717) is 10.8 Å². The SMILES string of the molecule is C[C@H]1[C@@H](CSc2ncccc2C(=O)O)O[C@@H](c2cccc(-c3cccc(CNS(=O)(=O)c4ccccc4)c3)c2)O[C@H]1c1ccc(CO)cc1. The predicted octanol–water partition coefficient (Wildman–Crippen LogP) is 7.00. The largest absolute Gasteiger partial charge is 0.478 e. The Morgan fingerprint density at radius 1 is 0.837 bits per heavy atom. The molecule has 0 unspecified atom stereocenters. The highest BCUT2D eigenvalue weighted by atomic mass is 32.2. The number of carboxylic acid groups (broad SMARTS) is 1. The highest BCUT2D eigenvalue weighted by molar-refractivity contribution is 7.99. The molecule has 1 fully saturated rings. The Labute approximate surface area is 290 Å². The van der Waals surface area contributed by atoms with Crippen molar-refractivity contribution in [1.29, 1.82) is 0 Å². The molecule has 1 aliphatic rings. The van der Waals surface area contributed by atoms with Crippen molar-refractivity contribution in [3.8, 4) is 11.1 Å². The van der Waals surface area contributed by atoms with Gasteiger partial charge in [-0.25, -0.2) is 22.9 Å². The van der Waals surface area contributed by atoms with E-state index in [0.717, 1.165) is 33.4 Å². The van der Waals surface area contributed by atoms with Gasteiger partial charge in [0.1, 0.15) is 5.03 Å². The predicted molar refractivity (Wildman–Crippen MR) is 187 cm³/mol. The molecule has 0 bridgehead atoms. The molecule has 1 saturated heterocycles. The molecule has 0 spiro atoms. The number of aliphatic hydroxyl groups is 1. The molecule has 0 radical (unpaired) electrons. The number of ether oxygens (including phenoxy) is 2. The van der Waals surface area contributed by atoms with Gasteiger partial charge in [-0.2, -0.15) is 0 Å². The molecule has 0 aliphatic carbocycles. The van der Waals surface area contributed by atoms with Gasteiger partial charge in [0, 0.05) is 30.0 Å². The number of aromatic nitrogens is 1. The fraction of sp³-hybridized carbons (Fsp3) is 0.211. The van der Waals surface area contributed by atoms with Crippen LogP contribution in [0.15, 0.2) is 131 Å². The van der Waals surface area contributed by atoms with E-state index in [2.05, 4.69) is 16.6 Å². The molecule has 11 heteroatoms. The van der Waals surface area contributed by atoms with Gasteiger partial charge < -0.3 is 19.7 Å². The Kier molecular flexibility index (Phi) is 10.9. The van der Waals surface area contributed by atoms with Gasteiger partial charge in [0.15, 0.2) is 6.29 Å². The summed E-state index contributed by atoms with van der Waals surface area (Å²) in [6.07, 6.45) is 0.188. The van der Waals surface area contributed by atoms with Gasteiger partial charge in [-0.1, -0.05) is 85.8 Å². The Hall–Kier alpha value is -4.36. The third-order valence-electron chi connectivity index (χ3n) is 8.45. The third-order valence-corrected chi connectivity index (χ3v) is 11.0. The molecular formula is C38H36N2O7S2. The summed E-state index contributed by atoms with van der Waals surface area (Å²) in [7, 11) is -3.66. The third kappa shape index (κ3) is 8.27. The molecule has 9 nitrogen and oxygen atoms in total. The van der Waals surface area contributed by atoms with Crippen LogP contribution in [0.5, 0.6) is 0 Å². The first-order chi connectivity index (χ1) is 23.7. The lowest BCUT2D eigenvalue weighted by molar-refractivity contribution is -0.268. The minimum absolute atomic E-state index is 0.0603. The van der Waals surface area contributed by atoms with E-state index in [9.17, 15) is 23.4 Å². The van der Waals surface area contributed by atoms with Gasteiger partial charge in [0.25, 0.3) is 0 Å². The number of thioether (sulfide) groups is 1. The van der Waals surface area contributed by atoms with Crippen molar-refractivity contribution in [2.75, 3.05) is 5.75 Å². The molecule has 0 amide bonds. The monoisotopic (exact) mass is 696 g/mol. The molecule has 49 heavy (non-hydrogen) atoms. The summed E-state index contributed by atoms with van der Waals surface area (Å²) in [5.41, 5.74) is 5.30. The molecule has 1 aromatic heterocycles. The summed E-state index contributed by atoms with van der Waals surface area (Å²) in [5, 5.41) is 19.7. The van der Waals surface area contributed by atoms with E-state index in [-0.39, 0.29) is 41.7 Å². The van der Waals surface area contributed by atoms with Crippen molar-refractivity contribution < 1.29 is 32.9 Å². The second-order valence-electron chi connectivity index (χ2n) is 11.8. The number of carbonyl (C=O) groups is 1. The minimum atomic E-state index is -3.66. The maximum absolute atomic E-state index is 12.8. The second kappa shape index (κ2) is 15.5. The summed E-state index contributed by atoms with van der Waals surface area (Å²) in [4.78, 5) is 16.3. The molecule has 1 aliphatic heterocycles. The highest BCUT2D eigenvalue weighted by Gasteiger charge is 2.38. The Balaban J connectivity index is 1.24. The van der Waals surface area contributed by atoms with Crippen LogP contribution in [-0.4, -0.2) is 41.4 Å². The maximum atomic E-state index is 12.8. The summed E-state index contributed by atoms with van der Waals surface area (Å²) in [6, 6.07) is 34.6. The lowest BCUT2D eigenvalue weighted by atomic mass is 9.91. The standard InChI is InChI=1S/C38H36N2O7S2/c1-25-34(24-48-36-33(37(42)43)14-7-19-39-36)46-38(47-35(25)28-17-15-26(23-41)16-18-28)31-11-6-10-30(21-31)29-9-5-8-27(20-29)22-40-49(44,45)32-12-3-2-4-13-32/h2-21,25,34-35,38,40-41H,22-24H2,1H3,(H,42,43)/t25-,34+,35+,38+/m0/s1. The number of benzene rings is 4. The van der Waals surface area contributed by atoms with E-state index >= 15 is 0 Å². The molecule has 4 atom stereocenters. The zero-order chi connectivity index (χ0) is 34.4. The zero-order valence-corrected chi connectivity index (χ0v) is 28.3. The van der Waals surface area contributed by atoms with Gasteiger partial charge in [0.2, 0.25) is 10.0 Å². The molecule has 6 rings (SSSR count). The average molecular weight is 697 g/mol. The van der Waals surface area contributed by atoms with Crippen LogP contribution in [-0.2, 0) is 32.6 Å². The number of rotatable bonds is 12. The first-order valence-electron chi connectivity index (χ1n) is 15.8. The summed E-state index contributed by atoms with van der Waals surface area (Å²) in [6.45, 7) is 2.12. The summed E-state index contributed by atoms with van der Waals surface area (Å²) >= 11 is 1.34. The zero-order valence-electron chi connectivity index (χ0n) is 26.7. The van der Waals surface area contributed by atoms with Crippen molar-refractivity contribution in [1.82, 2.24) is 9.71 Å². The van der Waals surface area contributed by atoms with Crippen LogP contribution >= 0.6 is 11.8 Å². The number of pyridine rings is 1.